The van der Waals surface area contributed by atoms with Gasteiger partial charge in [-0.25, -0.2) is 0 Å². The first kappa shape index (κ1) is 18.5. The molecule has 2 atom stereocenters. The number of rotatable bonds is 5. The zero-order valence-corrected chi connectivity index (χ0v) is 15.4. The number of ketones is 1. The second-order valence-electron chi connectivity index (χ2n) is 7.86. The van der Waals surface area contributed by atoms with Crippen LogP contribution in [0.25, 0.3) is 0 Å². The highest BCUT2D eigenvalue weighted by molar-refractivity contribution is 5.84. The Hall–Kier alpha value is -2.33. The Morgan fingerprint density at radius 1 is 0.962 bits per heavy atom. The molecule has 1 aliphatic rings. The topological polar surface area (TPSA) is 69.6 Å². The molecule has 0 radical (unpaired) electrons. The normalized spacial score (nSPS) is 22.3. The molecule has 2 aromatic carbocycles. The minimum Gasteiger partial charge on any atom is -0.508 e. The molecule has 2 aromatic rings. The molecule has 26 heavy (non-hydrogen) atoms. The van der Waals surface area contributed by atoms with E-state index in [1.54, 1.807) is 24.3 Å². The van der Waals surface area contributed by atoms with E-state index in [1.807, 2.05) is 24.3 Å². The molecule has 1 aliphatic heterocycles. The van der Waals surface area contributed by atoms with Crippen molar-refractivity contribution in [2.45, 2.75) is 51.1 Å². The lowest BCUT2D eigenvalue weighted by Gasteiger charge is -2.43. The summed E-state index contributed by atoms with van der Waals surface area (Å²) in [6.45, 7) is 4.20. The van der Waals surface area contributed by atoms with E-state index in [0.717, 1.165) is 18.4 Å². The van der Waals surface area contributed by atoms with Gasteiger partial charge in [0.15, 0.2) is 0 Å². The number of piperidine rings is 1. The number of hydrogen-bond donors (Lipinski definition) is 3. The number of phenols is 2. The third kappa shape index (κ3) is 4.44. The molecule has 1 heterocycles. The Bertz CT molecular complexity index is 750. The van der Waals surface area contributed by atoms with Gasteiger partial charge in [0.1, 0.15) is 17.3 Å². The van der Waals surface area contributed by atoms with E-state index in [2.05, 4.69) is 19.2 Å². The number of Topliss-reactive ketones (excluding diaryl/α,β-unsaturated/α-hetero) is 1. The van der Waals surface area contributed by atoms with Crippen LogP contribution in [0, 0.1) is 5.92 Å². The quantitative estimate of drug-likeness (QED) is 0.768. The first-order valence-electron chi connectivity index (χ1n) is 9.20. The predicted octanol–water partition coefficient (Wildman–Crippen LogP) is 3.60. The molecule has 0 amide bonds. The van der Waals surface area contributed by atoms with Crippen LogP contribution < -0.4 is 5.32 Å². The van der Waals surface area contributed by atoms with E-state index >= 15 is 0 Å². The Morgan fingerprint density at radius 3 is 2.04 bits per heavy atom. The Kier molecular flexibility index (Phi) is 5.33. The minimum absolute atomic E-state index is 0.0723. The van der Waals surface area contributed by atoms with Gasteiger partial charge in [0.2, 0.25) is 0 Å². The first-order chi connectivity index (χ1) is 12.3. The standard InChI is InChI=1S/C22H27NO3/c1-22(2)20(13-16-6-11-19(25)12-7-16)21(26)14-17(23-22)8-3-15-4-9-18(24)10-5-15/h4-7,9-12,17,20,23-25H,3,8,13-14H2,1-2H3. The van der Waals surface area contributed by atoms with Gasteiger partial charge in [-0.3, -0.25) is 4.79 Å². The minimum atomic E-state index is -0.271. The number of aromatic hydroxyl groups is 2. The molecule has 0 bridgehead atoms. The van der Waals surface area contributed by atoms with Crippen molar-refractivity contribution in [3.05, 3.63) is 59.7 Å². The fourth-order valence-electron chi connectivity index (χ4n) is 3.88. The van der Waals surface area contributed by atoms with Gasteiger partial charge in [0.25, 0.3) is 0 Å². The number of carbonyl (C=O) groups is 1. The van der Waals surface area contributed by atoms with E-state index in [0.29, 0.717) is 18.6 Å². The van der Waals surface area contributed by atoms with E-state index in [1.165, 1.54) is 5.56 Å². The molecule has 4 nitrogen and oxygen atoms in total. The third-order valence-electron chi connectivity index (χ3n) is 5.38. The summed E-state index contributed by atoms with van der Waals surface area (Å²) >= 11 is 0. The largest absolute Gasteiger partial charge is 0.508 e. The van der Waals surface area contributed by atoms with Crippen molar-refractivity contribution >= 4 is 5.78 Å². The summed E-state index contributed by atoms with van der Waals surface area (Å²) in [5.74, 6) is 0.753. The van der Waals surface area contributed by atoms with Crippen LogP contribution in [0.15, 0.2) is 48.5 Å². The van der Waals surface area contributed by atoms with Crippen LogP contribution in [0.5, 0.6) is 11.5 Å². The van der Waals surface area contributed by atoms with Crippen molar-refractivity contribution in [1.82, 2.24) is 5.32 Å². The number of nitrogens with one attached hydrogen (secondary N) is 1. The first-order valence-corrected chi connectivity index (χ1v) is 9.20. The molecule has 3 N–H and O–H groups in total. The van der Waals surface area contributed by atoms with Gasteiger partial charge >= 0.3 is 0 Å². The Morgan fingerprint density at radius 2 is 1.50 bits per heavy atom. The number of benzene rings is 2. The van der Waals surface area contributed by atoms with Crippen molar-refractivity contribution in [2.24, 2.45) is 5.92 Å². The van der Waals surface area contributed by atoms with Crippen LogP contribution in [0.3, 0.4) is 0 Å². The predicted molar refractivity (Wildman–Crippen MR) is 102 cm³/mol. The van der Waals surface area contributed by atoms with Crippen LogP contribution in [-0.2, 0) is 17.6 Å². The SMILES string of the molecule is CC1(C)NC(CCc2ccc(O)cc2)CC(=O)C1Cc1ccc(O)cc1. The zero-order valence-electron chi connectivity index (χ0n) is 15.4. The number of hydrogen-bond acceptors (Lipinski definition) is 4. The lowest BCUT2D eigenvalue weighted by Crippen LogP contribution is -2.59. The zero-order chi connectivity index (χ0) is 18.7. The van der Waals surface area contributed by atoms with Crippen LogP contribution in [0.1, 0.15) is 37.8 Å². The Balaban J connectivity index is 1.62. The van der Waals surface area contributed by atoms with Gasteiger partial charge in [0.05, 0.1) is 0 Å². The molecular formula is C22H27NO3. The average Bonchev–Trinajstić information content (AvgIpc) is 2.59. The number of phenolic OH excluding ortho intramolecular Hbond substituents is 2. The van der Waals surface area contributed by atoms with Crippen molar-refractivity contribution in [1.29, 1.82) is 0 Å². The third-order valence-corrected chi connectivity index (χ3v) is 5.38. The fraction of sp³-hybridized carbons (Fsp3) is 0.409. The van der Waals surface area contributed by atoms with Crippen LogP contribution in [0.2, 0.25) is 0 Å². The molecule has 0 saturated carbocycles. The molecule has 4 heteroatoms. The second kappa shape index (κ2) is 7.50. The monoisotopic (exact) mass is 353 g/mol. The molecule has 3 rings (SSSR count). The Labute approximate surface area is 154 Å². The molecule has 0 spiro atoms. The van der Waals surface area contributed by atoms with Gasteiger partial charge < -0.3 is 15.5 Å². The average molecular weight is 353 g/mol. The maximum Gasteiger partial charge on any atom is 0.139 e. The molecule has 1 fully saturated rings. The van der Waals surface area contributed by atoms with E-state index in [-0.39, 0.29) is 29.0 Å². The lowest BCUT2D eigenvalue weighted by atomic mass is 9.74. The van der Waals surface area contributed by atoms with Crippen LogP contribution >= 0.6 is 0 Å². The van der Waals surface area contributed by atoms with Gasteiger partial charge in [-0.2, -0.15) is 0 Å². The molecule has 1 saturated heterocycles. The lowest BCUT2D eigenvalue weighted by molar-refractivity contribution is -0.128. The molecule has 2 unspecified atom stereocenters. The van der Waals surface area contributed by atoms with Gasteiger partial charge in [-0.15, -0.1) is 0 Å². The van der Waals surface area contributed by atoms with Crippen molar-refractivity contribution in [3.8, 4) is 11.5 Å². The van der Waals surface area contributed by atoms with Crippen molar-refractivity contribution < 1.29 is 15.0 Å². The maximum atomic E-state index is 12.8. The smallest absolute Gasteiger partial charge is 0.139 e. The summed E-state index contributed by atoms with van der Waals surface area (Å²) in [5.41, 5.74) is 1.96. The molecular weight excluding hydrogens is 326 g/mol. The maximum absolute atomic E-state index is 12.8. The molecule has 0 aromatic heterocycles. The van der Waals surface area contributed by atoms with Gasteiger partial charge in [0, 0.05) is 23.9 Å². The summed E-state index contributed by atoms with van der Waals surface area (Å²) in [4.78, 5) is 12.8. The summed E-state index contributed by atoms with van der Waals surface area (Å²) < 4.78 is 0. The van der Waals surface area contributed by atoms with Crippen molar-refractivity contribution in [2.75, 3.05) is 0 Å². The second-order valence-corrected chi connectivity index (χ2v) is 7.86. The number of carbonyl (C=O) groups excluding carboxylic acids is 1. The fourth-order valence-corrected chi connectivity index (χ4v) is 3.88. The van der Waals surface area contributed by atoms with Crippen LogP contribution in [0.4, 0.5) is 0 Å². The summed E-state index contributed by atoms with van der Waals surface area (Å²) in [6, 6.07) is 14.5. The highest BCUT2D eigenvalue weighted by Crippen LogP contribution is 2.31. The van der Waals surface area contributed by atoms with E-state index in [4.69, 9.17) is 0 Å². The summed E-state index contributed by atoms with van der Waals surface area (Å²) in [5, 5.41) is 22.5. The highest BCUT2D eigenvalue weighted by Gasteiger charge is 2.41. The summed E-state index contributed by atoms with van der Waals surface area (Å²) in [7, 11) is 0. The van der Waals surface area contributed by atoms with E-state index < -0.39 is 0 Å². The van der Waals surface area contributed by atoms with E-state index in [9.17, 15) is 15.0 Å². The van der Waals surface area contributed by atoms with Crippen LogP contribution in [-0.4, -0.2) is 27.6 Å². The molecule has 0 aliphatic carbocycles. The van der Waals surface area contributed by atoms with Gasteiger partial charge in [-0.05, 0) is 68.5 Å². The highest BCUT2D eigenvalue weighted by atomic mass is 16.3. The van der Waals surface area contributed by atoms with Crippen molar-refractivity contribution in [3.63, 3.8) is 0 Å². The number of aryl methyl sites for hydroxylation is 1. The molecule has 138 valence electrons. The van der Waals surface area contributed by atoms with Gasteiger partial charge in [-0.1, -0.05) is 24.3 Å². The summed E-state index contributed by atoms with van der Waals surface area (Å²) in [6.07, 6.45) is 3.00.